The van der Waals surface area contributed by atoms with Gasteiger partial charge in [-0.1, -0.05) is 18.0 Å². The van der Waals surface area contributed by atoms with E-state index in [0.29, 0.717) is 48.7 Å². The monoisotopic (exact) mass is 537 g/mol. The van der Waals surface area contributed by atoms with Gasteiger partial charge in [-0.15, -0.1) is 0 Å². The molecule has 2 atom stereocenters. The molecule has 1 aliphatic carbocycles. The zero-order valence-corrected chi connectivity index (χ0v) is 21.4. The maximum Gasteiger partial charge on any atom is 0.416 e. The summed E-state index contributed by atoms with van der Waals surface area (Å²) in [5.74, 6) is -0.334. The predicted molar refractivity (Wildman–Crippen MR) is 137 cm³/mol. The van der Waals surface area contributed by atoms with Crippen molar-refractivity contribution in [1.82, 2.24) is 5.32 Å². The maximum absolute atomic E-state index is 13.0. The third kappa shape index (κ3) is 6.69. The van der Waals surface area contributed by atoms with Crippen molar-refractivity contribution < 1.29 is 27.5 Å². The second-order valence-electron chi connectivity index (χ2n) is 9.67. The summed E-state index contributed by atoms with van der Waals surface area (Å²) in [6.45, 7) is 1.82. The van der Waals surface area contributed by atoms with Gasteiger partial charge >= 0.3 is 12.1 Å². The Morgan fingerprint density at radius 3 is 2.41 bits per heavy atom. The number of esters is 1. The van der Waals surface area contributed by atoms with Gasteiger partial charge in [0.25, 0.3) is 0 Å². The SMILES string of the molecule is COC(=O)c1ccc(Cl)cc1NC[C@@H]1CCC[C@@H]1NC(=O)C1CCN(c2ccc(C(F)(F)F)cc2)CC1. The highest BCUT2D eigenvalue weighted by Crippen LogP contribution is 2.32. The highest BCUT2D eigenvalue weighted by molar-refractivity contribution is 6.31. The number of benzene rings is 2. The summed E-state index contributed by atoms with van der Waals surface area (Å²) in [6.07, 6.45) is -0.209. The Morgan fingerprint density at radius 2 is 1.76 bits per heavy atom. The summed E-state index contributed by atoms with van der Waals surface area (Å²) in [7, 11) is 1.33. The van der Waals surface area contributed by atoms with Gasteiger partial charge in [-0.05, 0) is 74.1 Å². The summed E-state index contributed by atoms with van der Waals surface area (Å²) in [5.41, 5.74) is 1.08. The molecule has 1 heterocycles. The Hall–Kier alpha value is -2.94. The van der Waals surface area contributed by atoms with E-state index in [9.17, 15) is 22.8 Å². The first-order valence-electron chi connectivity index (χ1n) is 12.5. The summed E-state index contributed by atoms with van der Waals surface area (Å²) < 4.78 is 43.3. The molecule has 37 heavy (non-hydrogen) atoms. The number of rotatable bonds is 7. The number of anilines is 2. The quantitative estimate of drug-likeness (QED) is 0.440. The molecule has 6 nitrogen and oxygen atoms in total. The fourth-order valence-electron chi connectivity index (χ4n) is 5.22. The van der Waals surface area contributed by atoms with Gasteiger partial charge in [0.15, 0.2) is 0 Å². The Labute approximate surface area is 219 Å². The zero-order chi connectivity index (χ0) is 26.6. The predicted octanol–water partition coefficient (Wildman–Crippen LogP) is 5.76. The zero-order valence-electron chi connectivity index (χ0n) is 20.6. The first-order chi connectivity index (χ1) is 17.7. The molecular formula is C27H31ClF3N3O3. The van der Waals surface area contributed by atoms with Crippen LogP contribution in [0.5, 0.6) is 0 Å². The molecule has 4 rings (SSSR count). The van der Waals surface area contributed by atoms with Crippen LogP contribution in [0.4, 0.5) is 24.5 Å². The number of carbonyl (C=O) groups is 2. The molecule has 0 spiro atoms. The summed E-state index contributed by atoms with van der Waals surface area (Å²) >= 11 is 6.12. The van der Waals surface area contributed by atoms with Crippen molar-refractivity contribution in [2.24, 2.45) is 11.8 Å². The fourth-order valence-corrected chi connectivity index (χ4v) is 5.40. The molecule has 0 bridgehead atoms. The van der Waals surface area contributed by atoms with Crippen molar-refractivity contribution in [3.63, 3.8) is 0 Å². The number of amides is 1. The normalized spacial score (nSPS) is 20.5. The van der Waals surface area contributed by atoms with Gasteiger partial charge in [0, 0.05) is 42.3 Å². The molecule has 2 fully saturated rings. The second kappa shape index (κ2) is 11.6. The van der Waals surface area contributed by atoms with Crippen LogP contribution in [0.2, 0.25) is 5.02 Å². The highest BCUT2D eigenvalue weighted by Gasteiger charge is 2.33. The van der Waals surface area contributed by atoms with Crippen LogP contribution < -0.4 is 15.5 Å². The minimum absolute atomic E-state index is 0.0296. The van der Waals surface area contributed by atoms with Gasteiger partial charge in [-0.25, -0.2) is 4.79 Å². The molecule has 2 aliphatic rings. The van der Waals surface area contributed by atoms with Gasteiger partial charge < -0.3 is 20.3 Å². The molecule has 1 aliphatic heterocycles. The molecule has 1 saturated heterocycles. The maximum atomic E-state index is 13.0. The lowest BCUT2D eigenvalue weighted by Gasteiger charge is -2.34. The van der Waals surface area contributed by atoms with E-state index in [1.165, 1.54) is 19.2 Å². The van der Waals surface area contributed by atoms with E-state index in [2.05, 4.69) is 10.6 Å². The van der Waals surface area contributed by atoms with Crippen molar-refractivity contribution in [3.05, 3.63) is 58.6 Å². The third-order valence-electron chi connectivity index (χ3n) is 7.35. The van der Waals surface area contributed by atoms with Crippen LogP contribution >= 0.6 is 11.6 Å². The van der Waals surface area contributed by atoms with Crippen LogP contribution in [0.25, 0.3) is 0 Å². The first kappa shape index (κ1) is 27.1. The number of halogens is 4. The van der Waals surface area contributed by atoms with Crippen LogP contribution in [-0.2, 0) is 15.7 Å². The van der Waals surface area contributed by atoms with Crippen LogP contribution in [0.15, 0.2) is 42.5 Å². The number of carbonyl (C=O) groups excluding carboxylic acids is 2. The van der Waals surface area contributed by atoms with Crippen LogP contribution in [0.3, 0.4) is 0 Å². The molecule has 0 radical (unpaired) electrons. The van der Waals surface area contributed by atoms with E-state index < -0.39 is 17.7 Å². The second-order valence-corrected chi connectivity index (χ2v) is 10.1. The van der Waals surface area contributed by atoms with Crippen molar-refractivity contribution in [2.75, 3.05) is 37.0 Å². The number of methoxy groups -OCH3 is 1. The van der Waals surface area contributed by atoms with E-state index in [0.717, 1.165) is 37.1 Å². The first-order valence-corrected chi connectivity index (χ1v) is 12.9. The number of nitrogens with zero attached hydrogens (tertiary/aromatic N) is 1. The molecular weight excluding hydrogens is 507 g/mol. The number of piperidine rings is 1. The number of alkyl halides is 3. The average Bonchev–Trinajstić information content (AvgIpc) is 3.33. The van der Waals surface area contributed by atoms with E-state index in [4.69, 9.17) is 16.3 Å². The van der Waals surface area contributed by atoms with Gasteiger partial charge in [-0.3, -0.25) is 4.79 Å². The van der Waals surface area contributed by atoms with Crippen LogP contribution in [0.1, 0.15) is 48.0 Å². The lowest BCUT2D eigenvalue weighted by molar-refractivity contribution is -0.137. The van der Waals surface area contributed by atoms with E-state index >= 15 is 0 Å². The molecule has 0 aromatic heterocycles. The molecule has 2 aromatic carbocycles. The standard InChI is InChI=1S/C27H31ClF3N3O3/c1-37-26(36)22-10-7-20(28)15-24(22)32-16-18-3-2-4-23(18)33-25(35)17-11-13-34(14-12-17)21-8-5-19(6-9-21)27(29,30)31/h5-10,15,17-18,23,32H,2-4,11-14,16H2,1H3,(H,33,35)/t18-,23-/m0/s1. The molecule has 1 amide bonds. The minimum Gasteiger partial charge on any atom is -0.465 e. The Morgan fingerprint density at radius 1 is 1.05 bits per heavy atom. The third-order valence-corrected chi connectivity index (χ3v) is 7.59. The van der Waals surface area contributed by atoms with Gasteiger partial charge in [-0.2, -0.15) is 13.2 Å². The number of hydrogen-bond acceptors (Lipinski definition) is 5. The Bertz CT molecular complexity index is 1100. The molecule has 10 heteroatoms. The van der Waals surface area contributed by atoms with Crippen molar-refractivity contribution in [3.8, 4) is 0 Å². The van der Waals surface area contributed by atoms with E-state index in [1.807, 2.05) is 4.90 Å². The summed E-state index contributed by atoms with van der Waals surface area (Å²) in [4.78, 5) is 27.2. The summed E-state index contributed by atoms with van der Waals surface area (Å²) in [5, 5.41) is 7.06. The largest absolute Gasteiger partial charge is 0.465 e. The number of ether oxygens (including phenoxy) is 1. The van der Waals surface area contributed by atoms with Gasteiger partial charge in [0.05, 0.1) is 23.9 Å². The van der Waals surface area contributed by atoms with Gasteiger partial charge in [0.2, 0.25) is 5.91 Å². The molecule has 1 saturated carbocycles. The fraction of sp³-hybridized carbons (Fsp3) is 0.481. The van der Waals surface area contributed by atoms with E-state index in [1.54, 1.807) is 18.2 Å². The van der Waals surface area contributed by atoms with Gasteiger partial charge in [0.1, 0.15) is 0 Å². The minimum atomic E-state index is -4.35. The van der Waals surface area contributed by atoms with Crippen LogP contribution in [0, 0.1) is 11.8 Å². The molecule has 200 valence electrons. The van der Waals surface area contributed by atoms with Crippen LogP contribution in [-0.4, -0.2) is 44.7 Å². The van der Waals surface area contributed by atoms with E-state index in [-0.39, 0.29) is 23.8 Å². The molecule has 2 aromatic rings. The summed E-state index contributed by atoms with van der Waals surface area (Å²) in [6, 6.07) is 10.2. The average molecular weight is 538 g/mol. The topological polar surface area (TPSA) is 70.7 Å². The number of hydrogen-bond donors (Lipinski definition) is 2. The lowest BCUT2D eigenvalue weighted by Crippen LogP contribution is -2.46. The lowest BCUT2D eigenvalue weighted by atomic mass is 9.94. The number of nitrogens with one attached hydrogen (secondary N) is 2. The Balaban J connectivity index is 1.29. The molecule has 2 N–H and O–H groups in total. The van der Waals surface area contributed by atoms with Crippen molar-refractivity contribution in [1.29, 1.82) is 0 Å². The van der Waals surface area contributed by atoms with Crippen molar-refractivity contribution >= 4 is 34.9 Å². The Kier molecular flexibility index (Phi) is 8.52. The van der Waals surface area contributed by atoms with Crippen molar-refractivity contribution in [2.45, 2.75) is 44.3 Å². The smallest absolute Gasteiger partial charge is 0.416 e. The molecule has 0 unspecified atom stereocenters. The highest BCUT2D eigenvalue weighted by atomic mass is 35.5.